The Morgan fingerprint density at radius 2 is 2.09 bits per heavy atom. The molecule has 1 fully saturated rings. The zero-order chi connectivity index (χ0) is 16.4. The van der Waals surface area contributed by atoms with Crippen molar-refractivity contribution in [3.05, 3.63) is 47.5 Å². The first-order valence-electron chi connectivity index (χ1n) is 7.88. The molecule has 1 aromatic heterocycles. The average molecular weight is 316 g/mol. The Balaban J connectivity index is 1.87. The molecule has 0 aliphatic heterocycles. The molecule has 1 aromatic carbocycles. The van der Waals surface area contributed by atoms with Crippen molar-refractivity contribution in [2.24, 2.45) is 5.73 Å². The highest BCUT2D eigenvalue weighted by molar-refractivity contribution is 5.95. The fourth-order valence-corrected chi connectivity index (χ4v) is 3.24. The highest BCUT2D eigenvalue weighted by Crippen LogP contribution is 2.29. The molecule has 6 heteroatoms. The molecule has 5 nitrogen and oxygen atoms in total. The van der Waals surface area contributed by atoms with Crippen molar-refractivity contribution >= 4 is 5.91 Å². The van der Waals surface area contributed by atoms with Crippen LogP contribution in [0.1, 0.15) is 41.7 Å². The maximum atomic E-state index is 13.9. The van der Waals surface area contributed by atoms with Crippen LogP contribution in [0.15, 0.2) is 30.5 Å². The van der Waals surface area contributed by atoms with Gasteiger partial charge in [-0.05, 0) is 31.9 Å². The van der Waals surface area contributed by atoms with E-state index in [0.717, 1.165) is 25.7 Å². The maximum Gasteiger partial charge on any atom is 0.255 e. The predicted molar refractivity (Wildman–Crippen MR) is 86.0 cm³/mol. The van der Waals surface area contributed by atoms with Crippen molar-refractivity contribution in [1.29, 1.82) is 0 Å². The highest BCUT2D eigenvalue weighted by atomic mass is 19.1. The molecule has 3 N–H and O–H groups in total. The Morgan fingerprint density at radius 3 is 2.74 bits per heavy atom. The first-order valence-corrected chi connectivity index (χ1v) is 7.88. The van der Waals surface area contributed by atoms with Gasteiger partial charge in [0.2, 0.25) is 0 Å². The number of hydrogen-bond donors (Lipinski definition) is 2. The summed E-state index contributed by atoms with van der Waals surface area (Å²) in [5.41, 5.74) is 6.94. The molecule has 1 aliphatic rings. The number of nitrogens with zero attached hydrogens (tertiary/aromatic N) is 2. The van der Waals surface area contributed by atoms with Gasteiger partial charge in [0.15, 0.2) is 0 Å². The molecular formula is C17H21FN4O. The predicted octanol–water partition coefficient (Wildman–Crippen LogP) is 2.32. The zero-order valence-corrected chi connectivity index (χ0v) is 13.2. The zero-order valence-electron chi connectivity index (χ0n) is 13.2. The van der Waals surface area contributed by atoms with Crippen molar-refractivity contribution in [2.45, 2.75) is 38.1 Å². The average Bonchev–Trinajstić information content (AvgIpc) is 3.15. The summed E-state index contributed by atoms with van der Waals surface area (Å²) in [6.07, 6.45) is 5.43. The smallest absolute Gasteiger partial charge is 0.255 e. The van der Waals surface area contributed by atoms with Gasteiger partial charge in [0.1, 0.15) is 11.5 Å². The summed E-state index contributed by atoms with van der Waals surface area (Å²) in [4.78, 5) is 12.6. The Labute approximate surface area is 134 Å². The van der Waals surface area contributed by atoms with Crippen LogP contribution in [0.2, 0.25) is 0 Å². The van der Waals surface area contributed by atoms with Gasteiger partial charge >= 0.3 is 0 Å². The van der Waals surface area contributed by atoms with Crippen LogP contribution in [0.4, 0.5) is 4.39 Å². The largest absolute Gasteiger partial charge is 0.345 e. The lowest BCUT2D eigenvalue weighted by Gasteiger charge is -2.28. The summed E-state index contributed by atoms with van der Waals surface area (Å²) in [6.45, 7) is 2.19. The molecule has 0 unspecified atom stereocenters. The molecule has 0 spiro atoms. The summed E-state index contributed by atoms with van der Waals surface area (Å²) < 4.78 is 15.4. The number of benzene rings is 1. The van der Waals surface area contributed by atoms with Crippen molar-refractivity contribution in [3.8, 4) is 5.69 Å². The van der Waals surface area contributed by atoms with E-state index in [4.69, 9.17) is 5.73 Å². The molecular weight excluding hydrogens is 295 g/mol. The standard InChI is InChI=1S/C17H21FN4O/c1-12-13(16(23)21-17(11-19)8-4-5-9-17)10-20-22(12)15-7-3-2-6-14(15)18/h2-3,6-7,10H,4-5,8-9,11,19H2,1H3,(H,21,23). The van der Waals surface area contributed by atoms with Crippen molar-refractivity contribution < 1.29 is 9.18 Å². The van der Waals surface area contributed by atoms with Gasteiger partial charge in [-0.25, -0.2) is 9.07 Å². The van der Waals surface area contributed by atoms with Gasteiger partial charge < -0.3 is 11.1 Å². The van der Waals surface area contributed by atoms with E-state index < -0.39 is 0 Å². The van der Waals surface area contributed by atoms with E-state index in [1.807, 2.05) is 0 Å². The quantitative estimate of drug-likeness (QED) is 0.909. The molecule has 0 atom stereocenters. The maximum absolute atomic E-state index is 13.9. The summed E-state index contributed by atoms with van der Waals surface area (Å²) >= 11 is 0. The summed E-state index contributed by atoms with van der Waals surface area (Å²) in [6, 6.07) is 6.37. The van der Waals surface area contributed by atoms with E-state index in [9.17, 15) is 9.18 Å². The fraction of sp³-hybridized carbons (Fsp3) is 0.412. The highest BCUT2D eigenvalue weighted by Gasteiger charge is 2.34. The van der Waals surface area contributed by atoms with Crippen LogP contribution in [0.25, 0.3) is 5.69 Å². The second-order valence-electron chi connectivity index (χ2n) is 6.15. The third kappa shape index (κ3) is 2.86. The van der Waals surface area contributed by atoms with E-state index in [1.54, 1.807) is 25.1 Å². The summed E-state index contributed by atoms with van der Waals surface area (Å²) in [5.74, 6) is -0.572. The number of nitrogens with one attached hydrogen (secondary N) is 1. The minimum atomic E-state index is -0.375. The van der Waals surface area contributed by atoms with E-state index in [1.165, 1.54) is 16.9 Å². The van der Waals surface area contributed by atoms with E-state index in [-0.39, 0.29) is 17.3 Å². The third-order valence-corrected chi connectivity index (χ3v) is 4.67. The van der Waals surface area contributed by atoms with Gasteiger partial charge in [0.25, 0.3) is 5.91 Å². The minimum Gasteiger partial charge on any atom is -0.345 e. The molecule has 3 rings (SSSR count). The van der Waals surface area contributed by atoms with Gasteiger partial charge in [0.05, 0.1) is 23.0 Å². The molecule has 23 heavy (non-hydrogen) atoms. The van der Waals surface area contributed by atoms with Gasteiger partial charge in [0, 0.05) is 6.54 Å². The molecule has 1 aliphatic carbocycles. The van der Waals surface area contributed by atoms with Crippen LogP contribution in [-0.4, -0.2) is 27.8 Å². The normalized spacial score (nSPS) is 16.5. The lowest BCUT2D eigenvalue weighted by Crippen LogP contribution is -2.51. The SMILES string of the molecule is Cc1c(C(=O)NC2(CN)CCCC2)cnn1-c1ccccc1F. The van der Waals surface area contributed by atoms with Crippen LogP contribution in [-0.2, 0) is 0 Å². The number of carbonyl (C=O) groups excluding carboxylic acids is 1. The van der Waals surface area contributed by atoms with Gasteiger partial charge in [-0.15, -0.1) is 0 Å². The fourth-order valence-electron chi connectivity index (χ4n) is 3.24. The molecule has 0 bridgehead atoms. The molecule has 2 aromatic rings. The molecule has 1 saturated carbocycles. The van der Waals surface area contributed by atoms with Gasteiger partial charge in [-0.2, -0.15) is 5.10 Å². The number of carbonyl (C=O) groups is 1. The number of halogens is 1. The first kappa shape index (κ1) is 15.7. The number of para-hydroxylation sites is 1. The monoisotopic (exact) mass is 316 g/mol. The van der Waals surface area contributed by atoms with Crippen molar-refractivity contribution in [1.82, 2.24) is 15.1 Å². The lowest BCUT2D eigenvalue weighted by molar-refractivity contribution is 0.0902. The van der Waals surface area contributed by atoms with Gasteiger partial charge in [-0.1, -0.05) is 25.0 Å². The van der Waals surface area contributed by atoms with E-state index in [0.29, 0.717) is 23.5 Å². The Hall–Kier alpha value is -2.21. The van der Waals surface area contributed by atoms with E-state index in [2.05, 4.69) is 10.4 Å². The van der Waals surface area contributed by atoms with Gasteiger partial charge in [-0.3, -0.25) is 4.79 Å². The number of rotatable bonds is 4. The Kier molecular flexibility index (Phi) is 4.17. The van der Waals surface area contributed by atoms with E-state index >= 15 is 0 Å². The van der Waals surface area contributed by atoms with Crippen molar-refractivity contribution in [2.75, 3.05) is 6.54 Å². The molecule has 122 valence electrons. The number of amides is 1. The Bertz CT molecular complexity index is 719. The van der Waals surface area contributed by atoms with Crippen molar-refractivity contribution in [3.63, 3.8) is 0 Å². The molecule has 1 heterocycles. The topological polar surface area (TPSA) is 72.9 Å². The van der Waals surface area contributed by atoms with Crippen LogP contribution < -0.4 is 11.1 Å². The van der Waals surface area contributed by atoms with Crippen LogP contribution in [0, 0.1) is 12.7 Å². The molecule has 0 saturated heterocycles. The Morgan fingerprint density at radius 1 is 1.39 bits per heavy atom. The lowest BCUT2D eigenvalue weighted by atomic mass is 9.97. The third-order valence-electron chi connectivity index (χ3n) is 4.67. The molecule has 0 radical (unpaired) electrons. The summed E-state index contributed by atoms with van der Waals surface area (Å²) in [7, 11) is 0. The summed E-state index contributed by atoms with van der Waals surface area (Å²) in [5, 5.41) is 7.24. The number of hydrogen-bond acceptors (Lipinski definition) is 3. The minimum absolute atomic E-state index is 0.197. The van der Waals surface area contributed by atoms with Crippen LogP contribution in [0.5, 0.6) is 0 Å². The second kappa shape index (κ2) is 6.12. The number of aromatic nitrogens is 2. The molecule has 1 amide bonds. The second-order valence-corrected chi connectivity index (χ2v) is 6.15. The number of nitrogens with two attached hydrogens (primary N) is 1. The van der Waals surface area contributed by atoms with Crippen LogP contribution in [0.3, 0.4) is 0 Å². The van der Waals surface area contributed by atoms with Crippen LogP contribution >= 0.6 is 0 Å². The first-order chi connectivity index (χ1) is 11.1.